The van der Waals surface area contributed by atoms with Gasteiger partial charge in [-0.2, -0.15) is 0 Å². The summed E-state index contributed by atoms with van der Waals surface area (Å²) >= 11 is 0. The van der Waals surface area contributed by atoms with Crippen molar-refractivity contribution in [2.24, 2.45) is 28.7 Å². The largest absolute Gasteiger partial charge is 0.394 e. The van der Waals surface area contributed by atoms with Gasteiger partial charge in [0.2, 0.25) is 5.91 Å². The van der Waals surface area contributed by atoms with Crippen molar-refractivity contribution in [3.63, 3.8) is 0 Å². The molecule has 1 saturated carbocycles. The average Bonchev–Trinajstić information content (AvgIpc) is 2.96. The molecule has 17 atom stereocenters. The number of aliphatic hydroxyl groups excluding tert-OH is 8. The third kappa shape index (κ3) is 7.71. The van der Waals surface area contributed by atoms with Gasteiger partial charge in [-0.1, -0.05) is 0 Å². The molecule has 2 saturated heterocycles. The summed E-state index contributed by atoms with van der Waals surface area (Å²) in [6, 6.07) is -4.22. The molecular weight excluding hydrogens is 568 g/mol. The predicted octanol–water partition coefficient (Wildman–Crippen LogP) is -9.10. The Morgan fingerprint density at radius 2 is 1.45 bits per heavy atom. The Morgan fingerprint density at radius 1 is 0.857 bits per heavy atom. The lowest BCUT2D eigenvalue weighted by atomic mass is 9.83. The normalized spacial score (nSPS) is 46.2. The maximum absolute atomic E-state index is 12.8. The molecule has 246 valence electrons. The molecule has 3 fully saturated rings. The number of aliphatic hydroxyl groups is 8. The molecule has 19 nitrogen and oxygen atoms in total. The van der Waals surface area contributed by atoms with Crippen LogP contribution in [-0.4, -0.2) is 170 Å². The van der Waals surface area contributed by atoms with Crippen LogP contribution in [0, 0.1) is 0 Å². The Hall–Kier alpha value is -1.21. The first-order valence-electron chi connectivity index (χ1n) is 13.7. The number of ether oxygens (including phenoxy) is 4. The Kier molecular flexibility index (Phi) is 12.8. The van der Waals surface area contributed by atoms with Gasteiger partial charge >= 0.3 is 0 Å². The van der Waals surface area contributed by atoms with Crippen LogP contribution in [0.3, 0.4) is 0 Å². The van der Waals surface area contributed by atoms with Gasteiger partial charge in [-0.05, 0) is 12.8 Å². The first kappa shape index (κ1) is 35.3. The van der Waals surface area contributed by atoms with Crippen molar-refractivity contribution in [3.8, 4) is 0 Å². The zero-order valence-electron chi connectivity index (χ0n) is 22.9. The van der Waals surface area contributed by atoms with Crippen molar-refractivity contribution in [2.75, 3.05) is 19.7 Å². The van der Waals surface area contributed by atoms with E-state index in [2.05, 4.69) is 5.32 Å². The molecule has 19 heteroatoms. The minimum absolute atomic E-state index is 0.00295. The van der Waals surface area contributed by atoms with Crippen LogP contribution < -0.4 is 34.0 Å². The van der Waals surface area contributed by atoms with Gasteiger partial charge in [0.15, 0.2) is 12.6 Å². The van der Waals surface area contributed by atoms with Crippen molar-refractivity contribution >= 4 is 5.91 Å². The lowest BCUT2D eigenvalue weighted by Gasteiger charge is -2.49. The van der Waals surface area contributed by atoms with E-state index in [1.807, 2.05) is 0 Å². The van der Waals surface area contributed by atoms with Crippen molar-refractivity contribution in [2.45, 2.75) is 117 Å². The highest BCUT2D eigenvalue weighted by molar-refractivity contribution is 5.80. The van der Waals surface area contributed by atoms with Crippen molar-refractivity contribution in [1.82, 2.24) is 5.32 Å². The molecule has 0 aromatic heterocycles. The SMILES string of the molecule is NC[C@@H](N)C[C@@H](O)C(=O)N[C@@H]1C[C@H](N)[C@@H](O[C@H]2O[C@H](CN)[C@@H](O)[C@H](O)[C@H]2O)[C@H](O)[C@H]1O[C@@H]1O[C@@H](CO)[C@H](O)[C@@H](N)[C@@H]1O. The summed E-state index contributed by atoms with van der Waals surface area (Å²) in [6.07, 6.45) is -20.3. The number of rotatable bonds is 11. The topological polar surface area (TPSA) is 358 Å². The van der Waals surface area contributed by atoms with Crippen LogP contribution in [0.15, 0.2) is 0 Å². The first-order chi connectivity index (χ1) is 19.7. The van der Waals surface area contributed by atoms with E-state index >= 15 is 0 Å². The molecule has 19 N–H and O–H groups in total. The number of amides is 1. The summed E-state index contributed by atoms with van der Waals surface area (Å²) in [7, 11) is 0. The third-order valence-corrected chi connectivity index (χ3v) is 7.90. The summed E-state index contributed by atoms with van der Waals surface area (Å²) in [5.41, 5.74) is 28.9. The van der Waals surface area contributed by atoms with Crippen LogP contribution in [0.5, 0.6) is 0 Å². The number of hydrogen-bond acceptors (Lipinski definition) is 18. The molecule has 3 rings (SSSR count). The van der Waals surface area contributed by atoms with Crippen LogP contribution in [0.4, 0.5) is 0 Å². The molecule has 0 radical (unpaired) electrons. The number of nitrogens with one attached hydrogen (secondary N) is 1. The summed E-state index contributed by atoms with van der Waals surface area (Å²) in [5, 5.41) is 85.4. The van der Waals surface area contributed by atoms with E-state index < -0.39 is 116 Å². The molecule has 42 heavy (non-hydrogen) atoms. The Bertz CT molecular complexity index is 864. The van der Waals surface area contributed by atoms with Crippen molar-refractivity contribution < 1.29 is 64.6 Å². The zero-order chi connectivity index (χ0) is 31.5. The van der Waals surface area contributed by atoms with E-state index in [9.17, 15) is 45.6 Å². The lowest BCUT2D eigenvalue weighted by Crippen LogP contribution is -2.69. The van der Waals surface area contributed by atoms with E-state index in [1.165, 1.54) is 0 Å². The molecule has 0 spiro atoms. The van der Waals surface area contributed by atoms with Gasteiger partial charge in [0.1, 0.15) is 67.1 Å². The number of nitrogens with two attached hydrogens (primary N) is 5. The maximum Gasteiger partial charge on any atom is 0.249 e. The number of carbonyl (C=O) groups excluding carboxylic acids is 1. The number of hydrogen-bond donors (Lipinski definition) is 14. The minimum atomic E-state index is -1.77. The van der Waals surface area contributed by atoms with Gasteiger partial charge in [-0.15, -0.1) is 0 Å². The Labute approximate surface area is 241 Å². The highest BCUT2D eigenvalue weighted by Crippen LogP contribution is 2.32. The standard InChI is InChI=1S/C23H46N6O13/c24-3-6(26)1-9(31)21(38)29-8-2-7(27)19(41-23-17(36)16(35)14(33)10(4-25)39-23)18(37)20(8)42-22-15(34)12(28)13(32)11(5-30)40-22/h6-20,22-23,30-37H,1-5,24-28H2,(H,29,38)/t6-,7-,8+,9+,10+,11-,12+,13-,14+,15-,16-,17+,18-,19+,20-,22-,23+/m0/s1. The quantitative estimate of drug-likeness (QED) is 0.103. The molecule has 3 aliphatic rings. The summed E-state index contributed by atoms with van der Waals surface area (Å²) in [6.45, 7) is -0.926. The number of carbonyl (C=O) groups is 1. The monoisotopic (exact) mass is 614 g/mol. The van der Waals surface area contributed by atoms with Crippen LogP contribution >= 0.6 is 0 Å². The van der Waals surface area contributed by atoms with E-state index in [0.29, 0.717) is 0 Å². The Balaban J connectivity index is 1.85. The molecular formula is C23H46N6O13. The summed E-state index contributed by atoms with van der Waals surface area (Å²) in [5.74, 6) is -0.893. The summed E-state index contributed by atoms with van der Waals surface area (Å²) in [4.78, 5) is 12.8. The molecule has 1 amide bonds. The fourth-order valence-electron chi connectivity index (χ4n) is 5.27. The van der Waals surface area contributed by atoms with Crippen LogP contribution in [-0.2, 0) is 23.7 Å². The van der Waals surface area contributed by atoms with Gasteiger partial charge in [0, 0.05) is 25.2 Å². The van der Waals surface area contributed by atoms with Crippen molar-refractivity contribution in [1.29, 1.82) is 0 Å². The third-order valence-electron chi connectivity index (χ3n) is 7.90. The predicted molar refractivity (Wildman–Crippen MR) is 139 cm³/mol. The van der Waals surface area contributed by atoms with Gasteiger partial charge in [0.25, 0.3) is 0 Å². The van der Waals surface area contributed by atoms with Gasteiger partial charge < -0.3 is 93.8 Å². The van der Waals surface area contributed by atoms with E-state index in [-0.39, 0.29) is 25.9 Å². The second kappa shape index (κ2) is 15.2. The van der Waals surface area contributed by atoms with Crippen LogP contribution in [0.25, 0.3) is 0 Å². The fraction of sp³-hybridized carbons (Fsp3) is 0.957. The van der Waals surface area contributed by atoms with Gasteiger partial charge in [-0.25, -0.2) is 0 Å². The zero-order valence-corrected chi connectivity index (χ0v) is 22.9. The average molecular weight is 615 g/mol. The molecule has 0 aromatic rings. The second-order valence-corrected chi connectivity index (χ2v) is 11.0. The second-order valence-electron chi connectivity index (χ2n) is 11.0. The molecule has 0 aromatic carbocycles. The highest BCUT2D eigenvalue weighted by atomic mass is 16.7. The van der Waals surface area contributed by atoms with E-state index in [4.69, 9.17) is 47.6 Å². The minimum Gasteiger partial charge on any atom is -0.394 e. The molecule has 2 heterocycles. The molecule has 2 aliphatic heterocycles. The van der Waals surface area contributed by atoms with Gasteiger partial charge in [-0.3, -0.25) is 4.79 Å². The molecule has 0 bridgehead atoms. The van der Waals surface area contributed by atoms with E-state index in [0.717, 1.165) is 0 Å². The van der Waals surface area contributed by atoms with Gasteiger partial charge in [0.05, 0.1) is 18.7 Å². The smallest absolute Gasteiger partial charge is 0.249 e. The molecule has 0 unspecified atom stereocenters. The summed E-state index contributed by atoms with van der Waals surface area (Å²) < 4.78 is 22.6. The Morgan fingerprint density at radius 3 is 2.05 bits per heavy atom. The lowest BCUT2D eigenvalue weighted by molar-refractivity contribution is -0.332. The molecule has 1 aliphatic carbocycles. The fourth-order valence-corrected chi connectivity index (χ4v) is 5.27. The van der Waals surface area contributed by atoms with Crippen molar-refractivity contribution in [3.05, 3.63) is 0 Å². The van der Waals surface area contributed by atoms with Crippen LogP contribution in [0.1, 0.15) is 12.8 Å². The van der Waals surface area contributed by atoms with Crippen LogP contribution in [0.2, 0.25) is 0 Å². The first-order valence-corrected chi connectivity index (χ1v) is 13.7. The van der Waals surface area contributed by atoms with E-state index in [1.54, 1.807) is 0 Å². The maximum atomic E-state index is 12.8. The highest BCUT2D eigenvalue weighted by Gasteiger charge is 2.52.